The summed E-state index contributed by atoms with van der Waals surface area (Å²) in [5.41, 5.74) is 14.2. The summed E-state index contributed by atoms with van der Waals surface area (Å²) in [7, 11) is 0. The average Bonchev–Trinajstić information content (AvgIpc) is 4.15. The van der Waals surface area contributed by atoms with Crippen LogP contribution in [-0.2, 0) is 19.5 Å². The van der Waals surface area contributed by atoms with Crippen molar-refractivity contribution in [3.05, 3.63) is 198 Å². The van der Waals surface area contributed by atoms with Crippen molar-refractivity contribution in [2.24, 2.45) is 0 Å². The number of para-hydroxylation sites is 2. The fourth-order valence-corrected chi connectivity index (χ4v) is 7.86. The van der Waals surface area contributed by atoms with Crippen LogP contribution in [0.2, 0.25) is 0 Å². The van der Waals surface area contributed by atoms with E-state index >= 15 is 0 Å². The van der Waals surface area contributed by atoms with Crippen LogP contribution in [0.1, 0.15) is 33.9 Å². The van der Waals surface area contributed by atoms with Gasteiger partial charge in [0.15, 0.2) is 0 Å². The summed E-state index contributed by atoms with van der Waals surface area (Å²) in [5.74, 6) is 0. The van der Waals surface area contributed by atoms with E-state index in [1.807, 2.05) is 97.1 Å². The van der Waals surface area contributed by atoms with Gasteiger partial charge in [-0.05, 0) is 100 Å². The molecule has 7 nitrogen and oxygen atoms in total. The third kappa shape index (κ3) is 6.92. The minimum absolute atomic E-state index is 0. The van der Waals surface area contributed by atoms with Crippen molar-refractivity contribution >= 4 is 63.4 Å². The zero-order valence-electron chi connectivity index (χ0n) is 32.2. The second-order valence-electron chi connectivity index (χ2n) is 14.1. The summed E-state index contributed by atoms with van der Waals surface area (Å²) in [6.45, 7) is 0. The Bertz CT molecular complexity index is 3120. The molecule has 276 valence electrons. The average molecular weight is 819 g/mol. The maximum atomic E-state index is 10.0. The molecule has 0 fully saturated rings. The summed E-state index contributed by atoms with van der Waals surface area (Å²) < 4.78 is 0. The van der Waals surface area contributed by atoms with Gasteiger partial charge in [0.2, 0.25) is 0 Å². The zero-order chi connectivity index (χ0) is 39.7. The van der Waals surface area contributed by atoms with Crippen LogP contribution >= 0.6 is 0 Å². The smallest absolute Gasteiger partial charge is 0.657 e. The van der Waals surface area contributed by atoms with Gasteiger partial charge in [-0.2, -0.15) is 10.5 Å². The first-order valence-corrected chi connectivity index (χ1v) is 19.2. The van der Waals surface area contributed by atoms with Crippen molar-refractivity contribution in [1.82, 2.24) is 19.9 Å². The quantitative estimate of drug-likeness (QED) is 0.154. The van der Waals surface area contributed by atoms with Crippen LogP contribution in [0, 0.1) is 22.7 Å². The van der Waals surface area contributed by atoms with Gasteiger partial charge >= 0.3 is 19.5 Å². The molecule has 0 unspecified atom stereocenters. The number of hydrogen-bond acceptors (Lipinski definition) is 5. The Morgan fingerprint density at radius 1 is 0.400 bits per heavy atom. The molecule has 5 aromatic carbocycles. The molecule has 0 saturated carbocycles. The number of aromatic nitrogens is 4. The van der Waals surface area contributed by atoms with Crippen molar-refractivity contribution in [2.45, 2.75) is 0 Å². The van der Waals surface area contributed by atoms with Crippen LogP contribution in [-0.4, -0.2) is 9.97 Å². The number of anilines is 3. The number of fused-ring (bicyclic) bond motifs is 8. The summed E-state index contributed by atoms with van der Waals surface area (Å²) in [6, 6.07) is 58.6. The second kappa shape index (κ2) is 16.2. The molecule has 3 aromatic heterocycles. The second-order valence-corrected chi connectivity index (χ2v) is 14.1. The Balaban J connectivity index is 0.00000462. The molecule has 60 heavy (non-hydrogen) atoms. The maximum Gasteiger partial charge on any atom is 2.00 e. The van der Waals surface area contributed by atoms with Crippen LogP contribution < -0.4 is 14.9 Å². The molecule has 0 spiro atoms. The molecule has 2 aliphatic rings. The van der Waals surface area contributed by atoms with Crippen LogP contribution in [0.15, 0.2) is 164 Å². The van der Waals surface area contributed by atoms with Crippen molar-refractivity contribution in [3.8, 4) is 45.5 Å². The summed E-state index contributed by atoms with van der Waals surface area (Å²) in [6.07, 6.45) is 8.09. The fourth-order valence-electron chi connectivity index (χ4n) is 7.86. The topological polar surface area (TPSA) is 105 Å². The first kappa shape index (κ1) is 37.7. The Hall–Kier alpha value is -7.90. The molecule has 0 radical (unpaired) electrons. The van der Waals surface area contributed by atoms with Crippen LogP contribution in [0.3, 0.4) is 0 Å². The molecule has 8 heteroatoms. The third-order valence-electron chi connectivity index (χ3n) is 10.4. The number of nitriles is 2. The number of benzene rings is 5. The van der Waals surface area contributed by atoms with E-state index in [9.17, 15) is 10.5 Å². The minimum Gasteiger partial charge on any atom is -0.657 e. The van der Waals surface area contributed by atoms with Crippen LogP contribution in [0.5, 0.6) is 0 Å². The van der Waals surface area contributed by atoms with Crippen molar-refractivity contribution < 1.29 is 19.5 Å². The van der Waals surface area contributed by atoms with Gasteiger partial charge in [-0.3, -0.25) is 0 Å². The van der Waals surface area contributed by atoms with Gasteiger partial charge in [0.25, 0.3) is 0 Å². The van der Waals surface area contributed by atoms with E-state index in [0.29, 0.717) is 33.5 Å². The normalized spacial score (nSPS) is 11.4. The van der Waals surface area contributed by atoms with E-state index in [-0.39, 0.29) is 19.5 Å². The van der Waals surface area contributed by atoms with Gasteiger partial charge in [0, 0.05) is 11.4 Å². The molecule has 8 bridgehead atoms. The number of hydrogen-bond donors (Lipinski definition) is 0. The summed E-state index contributed by atoms with van der Waals surface area (Å²) in [4.78, 5) is 23.7. The molecule has 5 heterocycles. The molecule has 0 aliphatic carbocycles. The zero-order valence-corrected chi connectivity index (χ0v) is 35.2. The SMILES string of the molecule is N#Cc1cc(C#N)cc(-c2c3nc(c(-c4ccccc4)c4ccc([n-]4)c(N(c4ccccc4)c4ccccc4)c4nc(c(-c5ccccc5)c5ccc2[n-]5)C=C4)C=C3)c1.[Zn+2]. The van der Waals surface area contributed by atoms with Crippen molar-refractivity contribution in [3.63, 3.8) is 0 Å². The van der Waals surface area contributed by atoms with Gasteiger partial charge in [-0.25, -0.2) is 9.97 Å². The molecular weight excluding hydrogens is 788 g/mol. The molecule has 2 aliphatic heterocycles. The van der Waals surface area contributed by atoms with E-state index in [0.717, 1.165) is 72.9 Å². The van der Waals surface area contributed by atoms with Gasteiger partial charge in [-0.15, -0.1) is 22.1 Å². The molecular formula is C52H31N7Zn. The Morgan fingerprint density at radius 2 is 0.767 bits per heavy atom. The van der Waals surface area contributed by atoms with Crippen LogP contribution in [0.25, 0.3) is 79.8 Å². The Labute approximate surface area is 359 Å². The number of rotatable bonds is 6. The predicted octanol–water partition coefficient (Wildman–Crippen LogP) is 12.1. The van der Waals surface area contributed by atoms with E-state index in [1.54, 1.807) is 18.2 Å². The molecule has 10 rings (SSSR count). The Morgan fingerprint density at radius 3 is 1.22 bits per heavy atom. The van der Waals surface area contributed by atoms with Gasteiger partial charge in [0.05, 0.1) is 51.7 Å². The molecule has 0 saturated heterocycles. The van der Waals surface area contributed by atoms with Gasteiger partial charge < -0.3 is 14.9 Å². The van der Waals surface area contributed by atoms with Gasteiger partial charge in [-0.1, -0.05) is 121 Å². The van der Waals surface area contributed by atoms with E-state index < -0.39 is 0 Å². The predicted molar refractivity (Wildman–Crippen MR) is 237 cm³/mol. The standard InChI is InChI=1S/C52H31N7.Zn/c53-32-34-29-35(33-54)31-38(30-34)51-45-23-21-41(55-45)49(36-13-5-1-6-14-36)43-25-27-47(57-43)52(59(39-17-9-3-10-18-39)40-19-11-4-12-20-40)48-28-26-44(58-48)50(37-15-7-2-8-16-37)42-22-24-46(51)56-42;/h1-31H;/q-2;+2. The van der Waals surface area contributed by atoms with Crippen LogP contribution in [0.4, 0.5) is 17.1 Å². The maximum absolute atomic E-state index is 10.0. The van der Waals surface area contributed by atoms with Crippen molar-refractivity contribution in [2.75, 3.05) is 4.90 Å². The van der Waals surface area contributed by atoms with E-state index in [1.165, 1.54) is 0 Å². The molecule has 8 aromatic rings. The first-order chi connectivity index (χ1) is 29.1. The van der Waals surface area contributed by atoms with Gasteiger partial charge in [0.1, 0.15) is 0 Å². The third-order valence-corrected chi connectivity index (χ3v) is 10.4. The van der Waals surface area contributed by atoms with E-state index in [4.69, 9.17) is 19.9 Å². The fraction of sp³-hybridized carbons (Fsp3) is 0. The Kier molecular flexibility index (Phi) is 10.1. The molecule has 0 atom stereocenters. The summed E-state index contributed by atoms with van der Waals surface area (Å²) in [5, 5.41) is 20.0. The summed E-state index contributed by atoms with van der Waals surface area (Å²) >= 11 is 0. The van der Waals surface area contributed by atoms with Crippen molar-refractivity contribution in [1.29, 1.82) is 10.5 Å². The largest absolute Gasteiger partial charge is 2.00 e. The minimum atomic E-state index is 0. The molecule has 0 N–H and O–H groups in total. The monoisotopic (exact) mass is 817 g/mol. The number of nitrogens with zero attached hydrogens (tertiary/aromatic N) is 7. The molecule has 0 amide bonds. The van der Waals surface area contributed by atoms with E-state index in [2.05, 4.69) is 89.9 Å². The first-order valence-electron chi connectivity index (χ1n) is 19.2.